The van der Waals surface area contributed by atoms with E-state index in [1.54, 1.807) is 11.6 Å². The number of carbonyl (C=O) groups is 1. The van der Waals surface area contributed by atoms with Crippen LogP contribution in [0.25, 0.3) is 4.96 Å². The van der Waals surface area contributed by atoms with Crippen LogP contribution in [0, 0.1) is 0 Å². The highest BCUT2D eigenvalue weighted by Crippen LogP contribution is 2.31. The molecule has 23 heavy (non-hydrogen) atoms. The van der Waals surface area contributed by atoms with Crippen LogP contribution in [0.3, 0.4) is 0 Å². The zero-order valence-electron chi connectivity index (χ0n) is 12.0. The summed E-state index contributed by atoms with van der Waals surface area (Å²) in [6, 6.07) is 7.06. The molecule has 116 valence electrons. The highest BCUT2D eigenvalue weighted by atomic mass is 32.1. The van der Waals surface area contributed by atoms with E-state index >= 15 is 0 Å². The quantitative estimate of drug-likeness (QED) is 0.739. The maximum absolute atomic E-state index is 12.5. The van der Waals surface area contributed by atoms with Gasteiger partial charge in [0.1, 0.15) is 5.56 Å². The van der Waals surface area contributed by atoms with E-state index in [2.05, 4.69) is 10.3 Å². The van der Waals surface area contributed by atoms with Gasteiger partial charge >= 0.3 is 0 Å². The predicted octanol–water partition coefficient (Wildman–Crippen LogP) is 1.14. The van der Waals surface area contributed by atoms with E-state index in [1.807, 2.05) is 24.3 Å². The van der Waals surface area contributed by atoms with Crippen molar-refractivity contribution in [3.8, 4) is 0 Å². The maximum Gasteiger partial charge on any atom is 0.271 e. The molecular formula is C16H13N3O3S. The van der Waals surface area contributed by atoms with Crippen LogP contribution in [-0.2, 0) is 6.42 Å². The fraction of sp³-hybridized carbons (Fsp3) is 0.188. The summed E-state index contributed by atoms with van der Waals surface area (Å²) >= 11 is 1.33. The van der Waals surface area contributed by atoms with Crippen molar-refractivity contribution in [1.82, 2.24) is 14.7 Å². The number of thiazole rings is 1. The number of fused-ring (bicyclic) bond motifs is 2. The number of aliphatic hydroxyl groups is 1. The van der Waals surface area contributed by atoms with E-state index in [-0.39, 0.29) is 5.56 Å². The van der Waals surface area contributed by atoms with Crippen LogP contribution in [-0.4, -0.2) is 26.5 Å². The van der Waals surface area contributed by atoms with Gasteiger partial charge in [0.25, 0.3) is 11.5 Å². The normalized spacial score (nSPS) is 19.7. The van der Waals surface area contributed by atoms with Gasteiger partial charge < -0.3 is 10.4 Å². The second-order valence-electron chi connectivity index (χ2n) is 5.45. The van der Waals surface area contributed by atoms with Gasteiger partial charge in [-0.15, -0.1) is 11.3 Å². The Morgan fingerprint density at radius 3 is 3.09 bits per heavy atom. The van der Waals surface area contributed by atoms with Crippen molar-refractivity contribution in [2.24, 2.45) is 0 Å². The highest BCUT2D eigenvalue weighted by Gasteiger charge is 2.32. The third-order valence-electron chi connectivity index (χ3n) is 4.08. The number of benzene rings is 1. The number of nitrogens with zero attached hydrogens (tertiary/aromatic N) is 2. The predicted molar refractivity (Wildman–Crippen MR) is 85.7 cm³/mol. The number of hydrogen-bond donors (Lipinski definition) is 2. The van der Waals surface area contributed by atoms with E-state index < -0.39 is 23.6 Å². The zero-order chi connectivity index (χ0) is 16.0. The number of hydrogen-bond acceptors (Lipinski definition) is 5. The van der Waals surface area contributed by atoms with Crippen molar-refractivity contribution in [3.05, 3.63) is 69.1 Å². The Kier molecular flexibility index (Phi) is 3.24. The molecule has 2 heterocycles. The fourth-order valence-electron chi connectivity index (χ4n) is 2.95. The summed E-state index contributed by atoms with van der Waals surface area (Å²) in [5.41, 5.74) is 1.46. The summed E-state index contributed by atoms with van der Waals surface area (Å²) in [5.74, 6) is -0.524. The second kappa shape index (κ2) is 5.29. The number of aromatic nitrogens is 2. The molecule has 0 aliphatic heterocycles. The minimum atomic E-state index is -0.697. The molecular weight excluding hydrogens is 314 g/mol. The minimum Gasteiger partial charge on any atom is -0.390 e. The standard InChI is InChI=1S/C16H13N3O3S/c20-12-7-9-3-1-2-4-10(9)13(12)18-14(21)11-8-17-16-19(15(11)22)5-6-23-16/h1-6,8,12-13,20H,7H2,(H,18,21)/t12-,13-/m0/s1. The summed E-state index contributed by atoms with van der Waals surface area (Å²) in [4.78, 5) is 29.5. The van der Waals surface area contributed by atoms with Crippen molar-refractivity contribution in [1.29, 1.82) is 0 Å². The first-order chi connectivity index (χ1) is 11.1. The van der Waals surface area contributed by atoms with Gasteiger partial charge in [-0.1, -0.05) is 24.3 Å². The molecule has 2 aromatic heterocycles. The minimum absolute atomic E-state index is 0.0301. The molecule has 3 aromatic rings. The lowest BCUT2D eigenvalue weighted by molar-refractivity contribution is 0.0856. The third-order valence-corrected chi connectivity index (χ3v) is 4.85. The lowest BCUT2D eigenvalue weighted by Crippen LogP contribution is -2.37. The van der Waals surface area contributed by atoms with Crippen LogP contribution >= 0.6 is 11.3 Å². The smallest absolute Gasteiger partial charge is 0.271 e. The molecule has 0 radical (unpaired) electrons. The van der Waals surface area contributed by atoms with E-state index in [0.717, 1.165) is 11.1 Å². The van der Waals surface area contributed by atoms with Gasteiger partial charge in [0.2, 0.25) is 0 Å². The monoisotopic (exact) mass is 327 g/mol. The van der Waals surface area contributed by atoms with E-state index in [1.165, 1.54) is 21.9 Å². The van der Waals surface area contributed by atoms with Crippen LogP contribution in [0.1, 0.15) is 27.5 Å². The van der Waals surface area contributed by atoms with Crippen LogP contribution in [0.4, 0.5) is 0 Å². The number of amides is 1. The average molecular weight is 327 g/mol. The van der Waals surface area contributed by atoms with Crippen molar-refractivity contribution in [2.45, 2.75) is 18.6 Å². The number of rotatable bonds is 2. The van der Waals surface area contributed by atoms with Gasteiger partial charge in [-0.3, -0.25) is 14.0 Å². The van der Waals surface area contributed by atoms with Gasteiger partial charge in [-0.2, -0.15) is 0 Å². The van der Waals surface area contributed by atoms with Crippen molar-refractivity contribution < 1.29 is 9.90 Å². The topological polar surface area (TPSA) is 83.7 Å². The third kappa shape index (κ3) is 2.25. The summed E-state index contributed by atoms with van der Waals surface area (Å²) in [5, 5.41) is 14.7. The van der Waals surface area contributed by atoms with Crippen molar-refractivity contribution >= 4 is 22.2 Å². The van der Waals surface area contributed by atoms with E-state index in [0.29, 0.717) is 11.4 Å². The molecule has 0 fully saturated rings. The first kappa shape index (κ1) is 14.1. The van der Waals surface area contributed by atoms with Gasteiger partial charge in [-0.25, -0.2) is 4.98 Å². The van der Waals surface area contributed by atoms with Crippen LogP contribution in [0.15, 0.2) is 46.8 Å². The molecule has 0 saturated carbocycles. The number of aliphatic hydroxyl groups excluding tert-OH is 1. The van der Waals surface area contributed by atoms with Gasteiger partial charge in [0, 0.05) is 24.2 Å². The number of carbonyl (C=O) groups excluding carboxylic acids is 1. The molecule has 1 amide bonds. The molecule has 2 N–H and O–H groups in total. The Morgan fingerprint density at radius 1 is 1.39 bits per heavy atom. The Balaban J connectivity index is 1.67. The Bertz CT molecular complexity index is 962. The van der Waals surface area contributed by atoms with Gasteiger partial charge in [-0.05, 0) is 11.1 Å². The zero-order valence-corrected chi connectivity index (χ0v) is 12.8. The Labute approximate surface area is 135 Å². The largest absolute Gasteiger partial charge is 0.390 e. The first-order valence-electron chi connectivity index (χ1n) is 7.17. The molecule has 1 aliphatic carbocycles. The van der Waals surface area contributed by atoms with Crippen LogP contribution < -0.4 is 10.9 Å². The summed E-state index contributed by atoms with van der Waals surface area (Å²) in [6.45, 7) is 0. The molecule has 6 nitrogen and oxygen atoms in total. The molecule has 0 saturated heterocycles. The Hall–Kier alpha value is -2.51. The molecule has 0 bridgehead atoms. The molecule has 0 unspecified atom stereocenters. The highest BCUT2D eigenvalue weighted by molar-refractivity contribution is 7.15. The lowest BCUT2D eigenvalue weighted by Gasteiger charge is -2.17. The van der Waals surface area contributed by atoms with E-state index in [4.69, 9.17) is 0 Å². The molecule has 1 aromatic carbocycles. The molecule has 7 heteroatoms. The van der Waals surface area contributed by atoms with Crippen LogP contribution in [0.2, 0.25) is 0 Å². The summed E-state index contributed by atoms with van der Waals surface area (Å²) < 4.78 is 1.35. The lowest BCUT2D eigenvalue weighted by atomic mass is 10.1. The summed E-state index contributed by atoms with van der Waals surface area (Å²) in [6.07, 6.45) is 2.67. The van der Waals surface area contributed by atoms with E-state index in [9.17, 15) is 14.7 Å². The SMILES string of the molecule is O=C(N[C@H]1c2ccccc2C[C@@H]1O)c1cnc2sccn2c1=O. The second-order valence-corrected chi connectivity index (χ2v) is 6.33. The number of nitrogens with one attached hydrogen (secondary N) is 1. The summed E-state index contributed by atoms with van der Waals surface area (Å²) in [7, 11) is 0. The maximum atomic E-state index is 12.5. The van der Waals surface area contributed by atoms with Crippen molar-refractivity contribution in [3.63, 3.8) is 0 Å². The first-order valence-corrected chi connectivity index (χ1v) is 8.04. The molecule has 1 aliphatic rings. The Morgan fingerprint density at radius 2 is 2.22 bits per heavy atom. The van der Waals surface area contributed by atoms with Gasteiger partial charge in [0.05, 0.1) is 12.1 Å². The molecule has 2 atom stereocenters. The van der Waals surface area contributed by atoms with Gasteiger partial charge in [0.15, 0.2) is 4.96 Å². The van der Waals surface area contributed by atoms with Crippen LogP contribution in [0.5, 0.6) is 0 Å². The fourth-order valence-corrected chi connectivity index (χ4v) is 3.62. The van der Waals surface area contributed by atoms with Crippen molar-refractivity contribution in [2.75, 3.05) is 0 Å². The molecule has 4 rings (SSSR count). The molecule has 0 spiro atoms. The average Bonchev–Trinajstić information content (AvgIpc) is 3.13.